The van der Waals surface area contributed by atoms with Crippen LogP contribution in [0.2, 0.25) is 5.02 Å². The molecule has 0 fully saturated rings. The second-order valence-electron chi connectivity index (χ2n) is 2.34. The van der Waals surface area contributed by atoms with Crippen molar-refractivity contribution in [1.82, 2.24) is 9.97 Å². The minimum atomic E-state index is 0.625. The summed E-state index contributed by atoms with van der Waals surface area (Å²) in [7, 11) is 0. The Labute approximate surface area is 92.7 Å². The minimum absolute atomic E-state index is 0.625. The number of halogens is 2. The van der Waals surface area contributed by atoms with Crippen molar-refractivity contribution in [3.05, 3.63) is 32.8 Å². The SMILES string of the molecule is Clc1cnccc1-c1csc(Br)n1. The number of aromatic nitrogens is 2. The van der Waals surface area contributed by atoms with Crippen LogP contribution in [0.25, 0.3) is 11.3 Å². The Bertz CT molecular complexity index is 430. The summed E-state index contributed by atoms with van der Waals surface area (Å²) in [4.78, 5) is 8.17. The number of pyridine rings is 1. The Hall–Kier alpha value is -0.450. The van der Waals surface area contributed by atoms with Gasteiger partial charge in [0.1, 0.15) is 0 Å². The minimum Gasteiger partial charge on any atom is -0.263 e. The zero-order valence-corrected chi connectivity index (χ0v) is 9.53. The van der Waals surface area contributed by atoms with E-state index in [1.54, 1.807) is 12.4 Å². The maximum absolute atomic E-state index is 5.95. The van der Waals surface area contributed by atoms with Gasteiger partial charge in [-0.05, 0) is 22.0 Å². The van der Waals surface area contributed by atoms with E-state index in [2.05, 4.69) is 25.9 Å². The molecular weight excluding hydrogens is 272 g/mol. The van der Waals surface area contributed by atoms with Gasteiger partial charge in [0, 0.05) is 23.3 Å². The third-order valence-corrected chi connectivity index (χ3v) is 3.19. The average Bonchev–Trinajstić information content (AvgIpc) is 2.53. The molecule has 0 atom stereocenters. The quantitative estimate of drug-likeness (QED) is 0.794. The highest BCUT2D eigenvalue weighted by atomic mass is 79.9. The Morgan fingerprint density at radius 2 is 2.31 bits per heavy atom. The fourth-order valence-corrected chi connectivity index (χ4v) is 2.19. The Morgan fingerprint density at radius 3 is 2.92 bits per heavy atom. The van der Waals surface area contributed by atoms with E-state index in [1.807, 2.05) is 11.4 Å². The molecule has 2 rings (SSSR count). The molecule has 0 spiro atoms. The van der Waals surface area contributed by atoms with Crippen molar-refractivity contribution < 1.29 is 0 Å². The lowest BCUT2D eigenvalue weighted by Gasteiger charge is -1.97. The van der Waals surface area contributed by atoms with Crippen molar-refractivity contribution in [3.63, 3.8) is 0 Å². The standard InChI is InChI=1S/C8H4BrClN2S/c9-8-12-7(4-13-8)5-1-2-11-3-6(5)10/h1-4H. The molecule has 0 unspecified atom stereocenters. The van der Waals surface area contributed by atoms with E-state index in [0.717, 1.165) is 15.2 Å². The maximum atomic E-state index is 5.95. The van der Waals surface area contributed by atoms with Crippen molar-refractivity contribution >= 4 is 38.9 Å². The summed E-state index contributed by atoms with van der Waals surface area (Å²) >= 11 is 10.8. The van der Waals surface area contributed by atoms with Crippen LogP contribution in [0.5, 0.6) is 0 Å². The molecule has 2 heterocycles. The van der Waals surface area contributed by atoms with Crippen molar-refractivity contribution in [2.24, 2.45) is 0 Å². The van der Waals surface area contributed by atoms with Crippen LogP contribution in [0.3, 0.4) is 0 Å². The summed E-state index contributed by atoms with van der Waals surface area (Å²) in [6.07, 6.45) is 3.32. The fraction of sp³-hybridized carbons (Fsp3) is 0. The van der Waals surface area contributed by atoms with Gasteiger partial charge in [-0.2, -0.15) is 0 Å². The van der Waals surface area contributed by atoms with E-state index in [9.17, 15) is 0 Å². The summed E-state index contributed by atoms with van der Waals surface area (Å²) < 4.78 is 0.857. The first kappa shape index (κ1) is 9.12. The van der Waals surface area contributed by atoms with Crippen LogP contribution >= 0.6 is 38.9 Å². The number of hydrogen-bond donors (Lipinski definition) is 0. The Balaban J connectivity index is 2.52. The number of hydrogen-bond acceptors (Lipinski definition) is 3. The predicted molar refractivity (Wildman–Crippen MR) is 58.1 cm³/mol. The van der Waals surface area contributed by atoms with E-state index in [1.165, 1.54) is 11.3 Å². The van der Waals surface area contributed by atoms with Gasteiger partial charge in [0.05, 0.1) is 10.7 Å². The highest BCUT2D eigenvalue weighted by Crippen LogP contribution is 2.29. The van der Waals surface area contributed by atoms with E-state index in [0.29, 0.717) is 5.02 Å². The molecule has 0 bridgehead atoms. The molecule has 2 aromatic rings. The van der Waals surface area contributed by atoms with Crippen LogP contribution < -0.4 is 0 Å². The summed E-state index contributed by atoms with van der Waals surface area (Å²) in [5.41, 5.74) is 1.79. The first-order valence-corrected chi connectivity index (χ1v) is 5.53. The number of nitrogens with zero attached hydrogens (tertiary/aromatic N) is 2. The molecule has 66 valence electrons. The fourth-order valence-electron chi connectivity index (χ4n) is 0.958. The normalized spacial score (nSPS) is 10.3. The smallest absolute Gasteiger partial charge is 0.159 e. The highest BCUT2D eigenvalue weighted by Gasteiger charge is 2.05. The molecule has 0 aliphatic rings. The first-order chi connectivity index (χ1) is 6.27. The number of rotatable bonds is 1. The lowest BCUT2D eigenvalue weighted by molar-refractivity contribution is 1.31. The third kappa shape index (κ3) is 1.90. The van der Waals surface area contributed by atoms with Gasteiger partial charge in [0.15, 0.2) is 3.92 Å². The van der Waals surface area contributed by atoms with E-state index < -0.39 is 0 Å². The molecule has 0 saturated carbocycles. The summed E-state index contributed by atoms with van der Waals surface area (Å²) in [5.74, 6) is 0. The Morgan fingerprint density at radius 1 is 1.46 bits per heavy atom. The van der Waals surface area contributed by atoms with Crippen LogP contribution in [-0.4, -0.2) is 9.97 Å². The Kier molecular flexibility index (Phi) is 2.62. The van der Waals surface area contributed by atoms with Crippen LogP contribution in [0, 0.1) is 0 Å². The molecule has 0 radical (unpaired) electrons. The van der Waals surface area contributed by atoms with Gasteiger partial charge in [-0.15, -0.1) is 11.3 Å². The van der Waals surface area contributed by atoms with E-state index >= 15 is 0 Å². The third-order valence-electron chi connectivity index (χ3n) is 1.52. The molecule has 2 aromatic heterocycles. The lowest BCUT2D eigenvalue weighted by atomic mass is 10.2. The van der Waals surface area contributed by atoms with Crippen molar-refractivity contribution in [1.29, 1.82) is 0 Å². The highest BCUT2D eigenvalue weighted by molar-refractivity contribution is 9.11. The zero-order valence-electron chi connectivity index (χ0n) is 6.37. The molecule has 5 heteroatoms. The largest absolute Gasteiger partial charge is 0.263 e. The summed E-state index contributed by atoms with van der Waals surface area (Å²) in [6.45, 7) is 0. The van der Waals surface area contributed by atoms with Crippen molar-refractivity contribution in [2.75, 3.05) is 0 Å². The lowest BCUT2D eigenvalue weighted by Crippen LogP contribution is -1.80. The van der Waals surface area contributed by atoms with Gasteiger partial charge in [0.2, 0.25) is 0 Å². The van der Waals surface area contributed by atoms with Gasteiger partial charge < -0.3 is 0 Å². The van der Waals surface area contributed by atoms with Gasteiger partial charge >= 0.3 is 0 Å². The van der Waals surface area contributed by atoms with Crippen LogP contribution in [0.4, 0.5) is 0 Å². The van der Waals surface area contributed by atoms with Crippen LogP contribution in [0.1, 0.15) is 0 Å². The predicted octanol–water partition coefficient (Wildman–Crippen LogP) is 3.62. The van der Waals surface area contributed by atoms with Crippen molar-refractivity contribution in [2.45, 2.75) is 0 Å². The molecule has 0 amide bonds. The molecule has 0 aromatic carbocycles. The maximum Gasteiger partial charge on any atom is 0.159 e. The van der Waals surface area contributed by atoms with E-state index in [4.69, 9.17) is 11.6 Å². The van der Waals surface area contributed by atoms with Gasteiger partial charge in [0.25, 0.3) is 0 Å². The zero-order chi connectivity index (χ0) is 9.26. The van der Waals surface area contributed by atoms with Gasteiger partial charge in [-0.25, -0.2) is 4.98 Å². The van der Waals surface area contributed by atoms with Gasteiger partial charge in [-0.3, -0.25) is 4.98 Å². The molecule has 0 aliphatic heterocycles. The molecule has 0 aliphatic carbocycles. The summed E-state index contributed by atoms with van der Waals surface area (Å²) in [6, 6.07) is 1.85. The molecule has 0 N–H and O–H groups in total. The van der Waals surface area contributed by atoms with Crippen LogP contribution in [0.15, 0.2) is 27.8 Å². The van der Waals surface area contributed by atoms with Gasteiger partial charge in [-0.1, -0.05) is 11.6 Å². The second kappa shape index (κ2) is 3.74. The molecule has 0 saturated heterocycles. The average molecular weight is 276 g/mol. The topological polar surface area (TPSA) is 25.8 Å². The molecule has 13 heavy (non-hydrogen) atoms. The van der Waals surface area contributed by atoms with Crippen molar-refractivity contribution in [3.8, 4) is 11.3 Å². The molecular formula is C8H4BrClN2S. The molecule has 2 nitrogen and oxygen atoms in total. The first-order valence-electron chi connectivity index (χ1n) is 3.48. The summed E-state index contributed by atoms with van der Waals surface area (Å²) in [5, 5.41) is 2.57. The van der Waals surface area contributed by atoms with Crippen LogP contribution in [-0.2, 0) is 0 Å². The second-order valence-corrected chi connectivity index (χ2v) is 4.88. The van der Waals surface area contributed by atoms with E-state index in [-0.39, 0.29) is 0 Å². The monoisotopic (exact) mass is 274 g/mol. The number of thiazole rings is 1.